The van der Waals surface area contributed by atoms with E-state index in [0.29, 0.717) is 5.57 Å². The highest BCUT2D eigenvalue weighted by atomic mass is 19.2. The van der Waals surface area contributed by atoms with E-state index in [1.165, 1.54) is 13.8 Å². The van der Waals surface area contributed by atoms with Crippen molar-refractivity contribution in [2.75, 3.05) is 0 Å². The number of halogens is 2. The number of carbonyl (C=O) groups excluding carboxylic acids is 1. The van der Waals surface area contributed by atoms with Gasteiger partial charge in [-0.1, -0.05) is 13.8 Å². The van der Waals surface area contributed by atoms with Gasteiger partial charge in [0.25, 0.3) is 0 Å². The van der Waals surface area contributed by atoms with Crippen LogP contribution in [0.15, 0.2) is 11.3 Å². The lowest BCUT2D eigenvalue weighted by molar-refractivity contribution is -0.114. The molecule has 13 heavy (non-hydrogen) atoms. The van der Waals surface area contributed by atoms with E-state index in [0.717, 1.165) is 0 Å². The highest BCUT2D eigenvalue weighted by Crippen LogP contribution is 2.17. The highest BCUT2D eigenvalue weighted by molar-refractivity contribution is 6.34. The molecule has 0 amide bonds. The zero-order chi connectivity index (χ0) is 10.6. The van der Waals surface area contributed by atoms with Crippen LogP contribution in [-0.2, 0) is 9.45 Å². The molecule has 0 radical (unpaired) electrons. The third-order valence-corrected chi connectivity index (χ3v) is 1.60. The van der Waals surface area contributed by atoms with Crippen LogP contribution in [0.5, 0.6) is 0 Å². The van der Waals surface area contributed by atoms with Crippen LogP contribution in [0, 0.1) is 5.92 Å². The standard InChI is InChI=1S/C8H13BF2O2/c1-5(2)8(6(3)12)7(4)13-9(10)11/h5H,1-4H3/b8-7+. The van der Waals surface area contributed by atoms with E-state index in [1.807, 2.05) is 0 Å². The van der Waals surface area contributed by atoms with Crippen molar-refractivity contribution < 1.29 is 18.1 Å². The molecule has 0 aliphatic carbocycles. The van der Waals surface area contributed by atoms with Crippen LogP contribution in [0.25, 0.3) is 0 Å². The number of Topliss-reactive ketones (excluding diaryl/α,β-unsaturated/α-hetero) is 1. The number of ketones is 1. The molecule has 0 atom stereocenters. The lowest BCUT2D eigenvalue weighted by Gasteiger charge is -2.12. The number of hydrogen-bond acceptors (Lipinski definition) is 2. The Labute approximate surface area is 77.2 Å². The molecule has 0 aromatic carbocycles. The lowest BCUT2D eigenvalue weighted by Crippen LogP contribution is -2.12. The molecule has 0 fully saturated rings. The van der Waals surface area contributed by atoms with Gasteiger partial charge in [-0.25, -0.2) is 8.63 Å². The maximum atomic E-state index is 11.8. The normalized spacial score (nSPS) is 12.5. The van der Waals surface area contributed by atoms with Crippen LogP contribution < -0.4 is 0 Å². The molecule has 5 heteroatoms. The Balaban J connectivity index is 4.76. The van der Waals surface area contributed by atoms with Gasteiger partial charge in [-0.05, 0) is 19.8 Å². The van der Waals surface area contributed by atoms with E-state index >= 15 is 0 Å². The Kier molecular flexibility index (Phi) is 4.66. The van der Waals surface area contributed by atoms with Crippen molar-refractivity contribution in [1.29, 1.82) is 0 Å². The van der Waals surface area contributed by atoms with Gasteiger partial charge in [0.2, 0.25) is 0 Å². The van der Waals surface area contributed by atoms with Gasteiger partial charge in [-0.3, -0.25) is 4.79 Å². The summed E-state index contributed by atoms with van der Waals surface area (Å²) in [5.41, 5.74) is 0.320. The second-order valence-electron chi connectivity index (χ2n) is 3.06. The second-order valence-corrected chi connectivity index (χ2v) is 3.06. The van der Waals surface area contributed by atoms with Gasteiger partial charge in [0.15, 0.2) is 5.78 Å². The Morgan fingerprint density at radius 2 is 1.77 bits per heavy atom. The molecule has 0 unspecified atom stereocenters. The summed E-state index contributed by atoms with van der Waals surface area (Å²) in [6, 6.07) is 0. The molecule has 0 spiro atoms. The minimum Gasteiger partial charge on any atom is -0.509 e. The SMILES string of the molecule is CC(=O)/C(=C(\C)OB(F)F)C(C)C. The lowest BCUT2D eigenvalue weighted by atomic mass is 9.98. The summed E-state index contributed by atoms with van der Waals surface area (Å²) >= 11 is 0. The zero-order valence-electron chi connectivity index (χ0n) is 8.23. The van der Waals surface area contributed by atoms with Crippen LogP contribution in [0.3, 0.4) is 0 Å². The van der Waals surface area contributed by atoms with E-state index in [4.69, 9.17) is 0 Å². The molecule has 2 nitrogen and oxygen atoms in total. The Morgan fingerprint density at radius 1 is 1.31 bits per heavy atom. The topological polar surface area (TPSA) is 26.3 Å². The number of allylic oxidation sites excluding steroid dienone is 2. The number of hydrogen-bond donors (Lipinski definition) is 0. The summed E-state index contributed by atoms with van der Waals surface area (Å²) in [6.45, 7) is 6.24. The van der Waals surface area contributed by atoms with Crippen molar-refractivity contribution in [2.45, 2.75) is 27.7 Å². The van der Waals surface area contributed by atoms with Gasteiger partial charge < -0.3 is 4.65 Å². The first-order valence-corrected chi connectivity index (χ1v) is 4.02. The smallest absolute Gasteiger partial charge is 0.509 e. The summed E-state index contributed by atoms with van der Waals surface area (Å²) in [5.74, 6) is -0.318. The van der Waals surface area contributed by atoms with Gasteiger partial charge in [-0.2, -0.15) is 0 Å². The maximum Gasteiger partial charge on any atom is 0.796 e. The van der Waals surface area contributed by atoms with E-state index in [1.54, 1.807) is 13.8 Å². The fourth-order valence-electron chi connectivity index (χ4n) is 1.26. The van der Waals surface area contributed by atoms with Crippen molar-refractivity contribution in [2.24, 2.45) is 5.92 Å². The Morgan fingerprint density at radius 3 is 2.00 bits per heavy atom. The van der Waals surface area contributed by atoms with Crippen molar-refractivity contribution in [3.05, 3.63) is 11.3 Å². The summed E-state index contributed by atoms with van der Waals surface area (Å²) in [4.78, 5) is 11.0. The van der Waals surface area contributed by atoms with E-state index < -0.39 is 7.47 Å². The van der Waals surface area contributed by atoms with Crippen LogP contribution in [-0.4, -0.2) is 13.3 Å². The summed E-state index contributed by atoms with van der Waals surface area (Å²) in [6.07, 6.45) is 0. The second kappa shape index (κ2) is 4.99. The first-order chi connectivity index (χ1) is 5.86. The molecule has 0 bridgehead atoms. The minimum absolute atomic E-state index is 0.0116. The van der Waals surface area contributed by atoms with Crippen LogP contribution in [0.2, 0.25) is 0 Å². The van der Waals surface area contributed by atoms with Gasteiger partial charge >= 0.3 is 7.47 Å². The average Bonchev–Trinajstić information content (AvgIpc) is 1.81. The molecule has 0 saturated carbocycles. The summed E-state index contributed by atoms with van der Waals surface area (Å²) in [7, 11) is -2.87. The largest absolute Gasteiger partial charge is 0.796 e. The molecule has 0 aromatic heterocycles. The first-order valence-electron chi connectivity index (χ1n) is 4.02. The molecular weight excluding hydrogens is 177 g/mol. The third-order valence-electron chi connectivity index (χ3n) is 1.60. The molecule has 0 aliphatic heterocycles. The maximum absolute atomic E-state index is 11.8. The summed E-state index contributed by atoms with van der Waals surface area (Å²) in [5, 5.41) is 0. The predicted molar refractivity (Wildman–Crippen MR) is 47.3 cm³/mol. The molecule has 0 aliphatic rings. The highest BCUT2D eigenvalue weighted by Gasteiger charge is 2.21. The molecule has 0 rings (SSSR count). The molecule has 74 valence electrons. The zero-order valence-corrected chi connectivity index (χ0v) is 8.23. The number of carbonyl (C=O) groups is 1. The number of rotatable bonds is 4. The van der Waals surface area contributed by atoms with Crippen LogP contribution >= 0.6 is 0 Å². The fraction of sp³-hybridized carbons (Fsp3) is 0.625. The quantitative estimate of drug-likeness (QED) is 0.386. The monoisotopic (exact) mass is 190 g/mol. The Hall–Kier alpha value is -0.865. The molecule has 0 aromatic rings. The van der Waals surface area contributed by atoms with Gasteiger partial charge in [-0.15, -0.1) is 0 Å². The van der Waals surface area contributed by atoms with Crippen molar-refractivity contribution in [1.82, 2.24) is 0 Å². The van der Waals surface area contributed by atoms with E-state index in [-0.39, 0.29) is 17.5 Å². The minimum atomic E-state index is -2.87. The van der Waals surface area contributed by atoms with Gasteiger partial charge in [0.05, 0.1) is 5.76 Å². The third kappa shape index (κ3) is 4.06. The van der Waals surface area contributed by atoms with E-state index in [9.17, 15) is 13.4 Å². The average molecular weight is 190 g/mol. The van der Waals surface area contributed by atoms with Crippen molar-refractivity contribution >= 4 is 13.3 Å². The molecule has 0 N–H and O–H groups in total. The van der Waals surface area contributed by atoms with Crippen LogP contribution in [0.1, 0.15) is 27.7 Å². The molecule has 0 saturated heterocycles. The Bertz CT molecular complexity index is 224. The van der Waals surface area contributed by atoms with Crippen LogP contribution in [0.4, 0.5) is 8.63 Å². The predicted octanol–water partition coefficient (Wildman–Crippen LogP) is 2.45. The van der Waals surface area contributed by atoms with Gasteiger partial charge in [0, 0.05) is 5.57 Å². The van der Waals surface area contributed by atoms with E-state index in [2.05, 4.69) is 4.65 Å². The fourth-order valence-corrected chi connectivity index (χ4v) is 1.26. The molecular formula is C8H13BF2O2. The van der Waals surface area contributed by atoms with Crippen molar-refractivity contribution in [3.63, 3.8) is 0 Å². The van der Waals surface area contributed by atoms with Crippen molar-refractivity contribution in [3.8, 4) is 0 Å². The van der Waals surface area contributed by atoms with Gasteiger partial charge in [0.1, 0.15) is 0 Å². The molecule has 0 heterocycles. The first kappa shape index (κ1) is 12.1. The summed E-state index contributed by atoms with van der Waals surface area (Å²) < 4.78 is 27.8.